The zero-order chi connectivity index (χ0) is 12.1. The van der Waals surface area contributed by atoms with Gasteiger partial charge in [-0.05, 0) is 24.7 Å². The van der Waals surface area contributed by atoms with E-state index in [1.165, 1.54) is 0 Å². The Bertz CT molecular complexity index is 203. The van der Waals surface area contributed by atoms with E-state index in [1.807, 2.05) is 0 Å². The van der Waals surface area contributed by atoms with Crippen LogP contribution in [0, 0.1) is 5.41 Å². The van der Waals surface area contributed by atoms with Crippen molar-refractivity contribution in [2.45, 2.75) is 25.4 Å². The Kier molecular flexibility index (Phi) is 5.53. The molecule has 0 aromatic carbocycles. The molecular formula is C10H16BrF3O2. The van der Waals surface area contributed by atoms with Crippen LogP contribution in [0.25, 0.3) is 0 Å². The number of halogens is 4. The number of hydrogen-bond donors (Lipinski definition) is 0. The fraction of sp³-hybridized carbons (Fsp3) is 1.00. The summed E-state index contributed by atoms with van der Waals surface area (Å²) in [7, 11) is 0. The van der Waals surface area contributed by atoms with Crippen LogP contribution in [0.3, 0.4) is 0 Å². The van der Waals surface area contributed by atoms with Crippen molar-refractivity contribution in [2.24, 2.45) is 5.41 Å². The van der Waals surface area contributed by atoms with Crippen LogP contribution < -0.4 is 0 Å². The maximum Gasteiger partial charge on any atom is 0.411 e. The lowest BCUT2D eigenvalue weighted by atomic mass is 9.80. The molecule has 0 saturated carbocycles. The SMILES string of the molecule is FC(F)(F)COCCC1(CBr)CCOCC1. The zero-order valence-corrected chi connectivity index (χ0v) is 10.6. The van der Waals surface area contributed by atoms with Crippen LogP contribution in [0.2, 0.25) is 0 Å². The van der Waals surface area contributed by atoms with Crippen molar-refractivity contribution in [3.05, 3.63) is 0 Å². The molecule has 0 N–H and O–H groups in total. The number of rotatable bonds is 5. The van der Waals surface area contributed by atoms with E-state index >= 15 is 0 Å². The Morgan fingerprint density at radius 2 is 1.88 bits per heavy atom. The van der Waals surface area contributed by atoms with Gasteiger partial charge in [0.15, 0.2) is 0 Å². The fourth-order valence-corrected chi connectivity index (χ4v) is 2.57. The normalized spacial score (nSPS) is 21.0. The van der Waals surface area contributed by atoms with Crippen molar-refractivity contribution < 1.29 is 22.6 Å². The van der Waals surface area contributed by atoms with Crippen molar-refractivity contribution in [1.29, 1.82) is 0 Å². The molecule has 96 valence electrons. The molecule has 0 unspecified atom stereocenters. The highest BCUT2D eigenvalue weighted by Crippen LogP contribution is 2.36. The number of alkyl halides is 4. The quantitative estimate of drug-likeness (QED) is 0.574. The summed E-state index contributed by atoms with van der Waals surface area (Å²) in [6, 6.07) is 0. The van der Waals surface area contributed by atoms with E-state index < -0.39 is 12.8 Å². The summed E-state index contributed by atoms with van der Waals surface area (Å²) in [5, 5.41) is 0.790. The van der Waals surface area contributed by atoms with E-state index in [4.69, 9.17) is 4.74 Å². The maximum absolute atomic E-state index is 11.8. The average molecular weight is 305 g/mol. The van der Waals surface area contributed by atoms with Gasteiger partial charge in [0.05, 0.1) is 0 Å². The summed E-state index contributed by atoms with van der Waals surface area (Å²) in [4.78, 5) is 0. The van der Waals surface area contributed by atoms with Crippen LogP contribution in [-0.2, 0) is 9.47 Å². The van der Waals surface area contributed by atoms with Gasteiger partial charge in [0.2, 0.25) is 0 Å². The second-order valence-corrected chi connectivity index (χ2v) is 4.72. The lowest BCUT2D eigenvalue weighted by Gasteiger charge is -2.35. The zero-order valence-electron chi connectivity index (χ0n) is 8.99. The third-order valence-electron chi connectivity index (χ3n) is 2.88. The topological polar surface area (TPSA) is 18.5 Å². The van der Waals surface area contributed by atoms with Gasteiger partial charge >= 0.3 is 6.18 Å². The summed E-state index contributed by atoms with van der Waals surface area (Å²) in [6.45, 7) is 0.378. The molecule has 16 heavy (non-hydrogen) atoms. The van der Waals surface area contributed by atoms with E-state index in [0.29, 0.717) is 19.6 Å². The van der Waals surface area contributed by atoms with Gasteiger partial charge in [-0.25, -0.2) is 0 Å². The Hall–Kier alpha value is 0.190. The van der Waals surface area contributed by atoms with Crippen LogP contribution in [0.4, 0.5) is 13.2 Å². The monoisotopic (exact) mass is 304 g/mol. The van der Waals surface area contributed by atoms with E-state index in [-0.39, 0.29) is 12.0 Å². The molecule has 0 spiro atoms. The first-order valence-corrected chi connectivity index (χ1v) is 6.38. The van der Waals surface area contributed by atoms with E-state index in [0.717, 1.165) is 18.2 Å². The van der Waals surface area contributed by atoms with Crippen molar-refractivity contribution in [3.8, 4) is 0 Å². The molecule has 0 amide bonds. The third-order valence-corrected chi connectivity index (χ3v) is 4.07. The maximum atomic E-state index is 11.8. The lowest BCUT2D eigenvalue weighted by Crippen LogP contribution is -2.32. The van der Waals surface area contributed by atoms with Crippen molar-refractivity contribution in [3.63, 3.8) is 0 Å². The van der Waals surface area contributed by atoms with Gasteiger partial charge in [0.1, 0.15) is 6.61 Å². The molecule has 2 nitrogen and oxygen atoms in total. The fourth-order valence-electron chi connectivity index (χ4n) is 1.73. The lowest BCUT2D eigenvalue weighted by molar-refractivity contribution is -0.176. The molecule has 0 aromatic rings. The van der Waals surface area contributed by atoms with Crippen LogP contribution in [-0.4, -0.2) is 37.9 Å². The summed E-state index contributed by atoms with van der Waals surface area (Å²) < 4.78 is 45.4. The van der Waals surface area contributed by atoms with Gasteiger partial charge in [0.25, 0.3) is 0 Å². The van der Waals surface area contributed by atoms with Crippen LogP contribution in [0.1, 0.15) is 19.3 Å². The molecule has 1 saturated heterocycles. The van der Waals surface area contributed by atoms with Gasteiger partial charge in [0, 0.05) is 25.2 Å². The van der Waals surface area contributed by atoms with Crippen LogP contribution >= 0.6 is 15.9 Å². The first-order chi connectivity index (χ1) is 7.47. The smallest absolute Gasteiger partial charge is 0.381 e. The van der Waals surface area contributed by atoms with E-state index in [9.17, 15) is 13.2 Å². The summed E-state index contributed by atoms with van der Waals surface area (Å²) in [6.07, 6.45) is -1.81. The second kappa shape index (κ2) is 6.21. The van der Waals surface area contributed by atoms with Crippen molar-refractivity contribution in [2.75, 3.05) is 31.8 Å². The third kappa shape index (κ3) is 5.01. The average Bonchev–Trinajstić information content (AvgIpc) is 2.25. The molecule has 1 rings (SSSR count). The summed E-state index contributed by atoms with van der Waals surface area (Å²) >= 11 is 3.43. The molecule has 0 atom stereocenters. The van der Waals surface area contributed by atoms with E-state index in [2.05, 4.69) is 20.7 Å². The van der Waals surface area contributed by atoms with Gasteiger partial charge in [-0.1, -0.05) is 15.9 Å². The van der Waals surface area contributed by atoms with Crippen molar-refractivity contribution >= 4 is 15.9 Å². The predicted molar refractivity (Wildman–Crippen MR) is 57.8 cm³/mol. The minimum absolute atomic E-state index is 0.0455. The van der Waals surface area contributed by atoms with Gasteiger partial charge in [-0.15, -0.1) is 0 Å². The Morgan fingerprint density at radius 1 is 1.25 bits per heavy atom. The molecule has 0 aromatic heterocycles. The molecule has 1 aliphatic heterocycles. The highest BCUT2D eigenvalue weighted by Gasteiger charge is 2.32. The number of hydrogen-bond acceptors (Lipinski definition) is 2. The Labute approximate surface area is 102 Å². The van der Waals surface area contributed by atoms with Crippen molar-refractivity contribution in [1.82, 2.24) is 0 Å². The Morgan fingerprint density at radius 3 is 2.38 bits per heavy atom. The predicted octanol–water partition coefficient (Wildman–Crippen LogP) is 3.15. The van der Waals surface area contributed by atoms with Crippen LogP contribution in [0.15, 0.2) is 0 Å². The minimum Gasteiger partial charge on any atom is -0.381 e. The summed E-state index contributed by atoms with van der Waals surface area (Å²) in [5.74, 6) is 0. The van der Waals surface area contributed by atoms with Gasteiger partial charge in [-0.3, -0.25) is 0 Å². The highest BCUT2D eigenvalue weighted by molar-refractivity contribution is 9.09. The molecule has 0 radical (unpaired) electrons. The molecule has 1 fully saturated rings. The van der Waals surface area contributed by atoms with Crippen LogP contribution in [0.5, 0.6) is 0 Å². The highest BCUT2D eigenvalue weighted by atomic mass is 79.9. The largest absolute Gasteiger partial charge is 0.411 e. The van der Waals surface area contributed by atoms with E-state index in [1.54, 1.807) is 0 Å². The Balaban J connectivity index is 2.23. The van der Waals surface area contributed by atoms with Gasteiger partial charge in [-0.2, -0.15) is 13.2 Å². The number of ether oxygens (including phenoxy) is 2. The molecule has 6 heteroatoms. The first-order valence-electron chi connectivity index (χ1n) is 5.26. The summed E-state index contributed by atoms with van der Waals surface area (Å²) in [5.41, 5.74) is 0.0455. The molecular weight excluding hydrogens is 289 g/mol. The minimum atomic E-state index is -4.22. The molecule has 0 aliphatic carbocycles. The molecule has 0 bridgehead atoms. The first kappa shape index (κ1) is 14.3. The molecule has 1 heterocycles. The second-order valence-electron chi connectivity index (χ2n) is 4.16. The van der Waals surface area contributed by atoms with Gasteiger partial charge < -0.3 is 9.47 Å². The standard InChI is InChI=1S/C10H16BrF3O2/c11-7-9(1-4-15-5-2-9)3-6-16-8-10(12,13)14/h1-8H2. The molecule has 1 aliphatic rings.